The molecule has 114 valence electrons. The first kappa shape index (κ1) is 15.2. The van der Waals surface area contributed by atoms with Gasteiger partial charge in [0.25, 0.3) is 0 Å². The predicted molar refractivity (Wildman–Crippen MR) is 88.9 cm³/mol. The molecule has 5 nitrogen and oxygen atoms in total. The molecule has 0 radical (unpaired) electrons. The fraction of sp³-hybridized carbons (Fsp3) is 0.200. The summed E-state index contributed by atoms with van der Waals surface area (Å²) in [6.45, 7) is 0.511. The standard InChI is InChI=1S/C15H14BrN3O2S/c16-13-5-4-12(22-13)10(8-17)7-14-18-15(19-21-14)9-2-1-3-11(20)6-9/h1-6,10,20H,7-8,17H2. The van der Waals surface area contributed by atoms with E-state index in [0.29, 0.717) is 24.7 Å². The van der Waals surface area contributed by atoms with Crippen LogP contribution in [-0.4, -0.2) is 21.8 Å². The van der Waals surface area contributed by atoms with Crippen LogP contribution in [0.4, 0.5) is 0 Å². The van der Waals surface area contributed by atoms with Crippen LogP contribution in [0.3, 0.4) is 0 Å². The van der Waals surface area contributed by atoms with E-state index in [2.05, 4.69) is 32.1 Å². The number of aromatic hydroxyl groups is 1. The number of hydrogen-bond acceptors (Lipinski definition) is 6. The van der Waals surface area contributed by atoms with Crippen LogP contribution in [0.15, 0.2) is 44.7 Å². The zero-order chi connectivity index (χ0) is 15.5. The molecule has 22 heavy (non-hydrogen) atoms. The molecule has 0 fully saturated rings. The molecule has 2 aromatic heterocycles. The Bertz CT molecular complexity index is 772. The zero-order valence-electron chi connectivity index (χ0n) is 11.6. The van der Waals surface area contributed by atoms with E-state index in [-0.39, 0.29) is 11.7 Å². The van der Waals surface area contributed by atoms with Crippen molar-refractivity contribution in [3.8, 4) is 17.1 Å². The van der Waals surface area contributed by atoms with Crippen molar-refractivity contribution in [2.75, 3.05) is 6.54 Å². The van der Waals surface area contributed by atoms with Crippen LogP contribution in [0.2, 0.25) is 0 Å². The number of aromatic nitrogens is 2. The third-order valence-electron chi connectivity index (χ3n) is 3.27. The van der Waals surface area contributed by atoms with E-state index in [9.17, 15) is 5.11 Å². The van der Waals surface area contributed by atoms with Gasteiger partial charge in [0, 0.05) is 29.3 Å². The van der Waals surface area contributed by atoms with Gasteiger partial charge < -0.3 is 15.4 Å². The summed E-state index contributed by atoms with van der Waals surface area (Å²) in [4.78, 5) is 5.58. The molecule has 0 aliphatic rings. The molecule has 7 heteroatoms. The molecule has 0 aliphatic carbocycles. The van der Waals surface area contributed by atoms with Gasteiger partial charge in [0.2, 0.25) is 11.7 Å². The van der Waals surface area contributed by atoms with E-state index in [4.69, 9.17) is 10.3 Å². The zero-order valence-corrected chi connectivity index (χ0v) is 14.0. The lowest BCUT2D eigenvalue weighted by molar-refractivity contribution is 0.370. The van der Waals surface area contributed by atoms with Crippen molar-refractivity contribution < 1.29 is 9.63 Å². The van der Waals surface area contributed by atoms with Gasteiger partial charge in [-0.1, -0.05) is 17.3 Å². The molecule has 1 aromatic carbocycles. The number of rotatable bonds is 5. The lowest BCUT2D eigenvalue weighted by Gasteiger charge is -2.09. The van der Waals surface area contributed by atoms with Gasteiger partial charge >= 0.3 is 0 Å². The maximum absolute atomic E-state index is 9.51. The average Bonchev–Trinajstić information content (AvgIpc) is 3.14. The van der Waals surface area contributed by atoms with Crippen LogP contribution >= 0.6 is 27.3 Å². The molecular weight excluding hydrogens is 366 g/mol. The number of phenols is 1. The summed E-state index contributed by atoms with van der Waals surface area (Å²) < 4.78 is 6.39. The molecule has 0 amide bonds. The fourth-order valence-corrected chi connectivity index (χ4v) is 3.70. The Kier molecular flexibility index (Phi) is 4.56. The van der Waals surface area contributed by atoms with Crippen LogP contribution in [0.1, 0.15) is 16.7 Å². The monoisotopic (exact) mass is 379 g/mol. The van der Waals surface area contributed by atoms with Gasteiger partial charge in [-0.3, -0.25) is 0 Å². The Balaban J connectivity index is 1.78. The molecule has 1 atom stereocenters. The lowest BCUT2D eigenvalue weighted by atomic mass is 10.0. The highest BCUT2D eigenvalue weighted by Crippen LogP contribution is 2.30. The minimum absolute atomic E-state index is 0.147. The maximum atomic E-state index is 9.51. The summed E-state index contributed by atoms with van der Waals surface area (Å²) in [6, 6.07) is 10.8. The molecule has 0 spiro atoms. The minimum atomic E-state index is 0.147. The smallest absolute Gasteiger partial charge is 0.227 e. The molecule has 0 saturated heterocycles. The number of thiophene rings is 1. The van der Waals surface area contributed by atoms with E-state index in [1.54, 1.807) is 29.5 Å². The molecule has 0 bridgehead atoms. The van der Waals surface area contributed by atoms with Crippen molar-refractivity contribution in [1.82, 2.24) is 10.1 Å². The summed E-state index contributed by atoms with van der Waals surface area (Å²) >= 11 is 5.12. The van der Waals surface area contributed by atoms with Gasteiger partial charge in [0.15, 0.2) is 0 Å². The molecule has 3 N–H and O–H groups in total. The summed E-state index contributed by atoms with van der Waals surface area (Å²) in [5.41, 5.74) is 6.59. The quantitative estimate of drug-likeness (QED) is 0.707. The van der Waals surface area contributed by atoms with Crippen LogP contribution in [-0.2, 0) is 6.42 Å². The topological polar surface area (TPSA) is 85.2 Å². The maximum Gasteiger partial charge on any atom is 0.227 e. The summed E-state index contributed by atoms with van der Waals surface area (Å²) in [6.07, 6.45) is 0.593. The molecule has 3 rings (SSSR count). The average molecular weight is 380 g/mol. The van der Waals surface area contributed by atoms with Crippen LogP contribution in [0, 0.1) is 0 Å². The van der Waals surface area contributed by atoms with E-state index in [1.807, 2.05) is 12.1 Å². The van der Waals surface area contributed by atoms with E-state index in [0.717, 1.165) is 9.35 Å². The number of nitrogens with zero attached hydrogens (tertiary/aromatic N) is 2. The summed E-state index contributed by atoms with van der Waals surface area (Å²) in [7, 11) is 0. The third kappa shape index (κ3) is 3.37. The molecule has 3 aromatic rings. The van der Waals surface area contributed by atoms with Gasteiger partial charge in [-0.2, -0.15) is 4.98 Å². The summed E-state index contributed by atoms with van der Waals surface area (Å²) in [5, 5.41) is 13.5. The molecule has 1 unspecified atom stereocenters. The molecule has 0 saturated carbocycles. The van der Waals surface area contributed by atoms with E-state index in [1.165, 1.54) is 4.88 Å². The SMILES string of the molecule is NCC(Cc1nc(-c2cccc(O)c2)no1)c1ccc(Br)s1. The van der Waals surface area contributed by atoms with E-state index >= 15 is 0 Å². The number of halogens is 1. The normalized spacial score (nSPS) is 12.5. The first-order valence-corrected chi connectivity index (χ1v) is 8.34. The van der Waals surface area contributed by atoms with Gasteiger partial charge in [-0.05, 0) is 40.2 Å². The third-order valence-corrected chi connectivity index (χ3v) is 5.06. The second-order valence-electron chi connectivity index (χ2n) is 4.84. The highest BCUT2D eigenvalue weighted by molar-refractivity contribution is 9.11. The van der Waals surface area contributed by atoms with Crippen molar-refractivity contribution >= 4 is 27.3 Å². The molecule has 0 aliphatic heterocycles. The van der Waals surface area contributed by atoms with Crippen molar-refractivity contribution in [2.24, 2.45) is 5.73 Å². The van der Waals surface area contributed by atoms with Crippen molar-refractivity contribution in [2.45, 2.75) is 12.3 Å². The van der Waals surface area contributed by atoms with Crippen LogP contribution in [0.5, 0.6) is 5.75 Å². The predicted octanol–water partition coefficient (Wildman–Crippen LogP) is 3.55. The number of benzene rings is 1. The fourth-order valence-electron chi connectivity index (χ4n) is 2.16. The van der Waals surface area contributed by atoms with Crippen LogP contribution in [0.25, 0.3) is 11.4 Å². The Morgan fingerprint density at radius 1 is 1.32 bits per heavy atom. The number of phenolic OH excluding ortho intramolecular Hbond substituents is 1. The van der Waals surface area contributed by atoms with Gasteiger partial charge in [-0.25, -0.2) is 0 Å². The Labute approximate surface area is 139 Å². The highest BCUT2D eigenvalue weighted by atomic mass is 79.9. The molecule has 2 heterocycles. The second-order valence-corrected chi connectivity index (χ2v) is 7.34. The second kappa shape index (κ2) is 6.60. The summed E-state index contributed by atoms with van der Waals surface area (Å²) in [5.74, 6) is 1.33. The molecular formula is C15H14BrN3O2S. The van der Waals surface area contributed by atoms with Gasteiger partial charge in [-0.15, -0.1) is 11.3 Å². The van der Waals surface area contributed by atoms with Crippen molar-refractivity contribution in [1.29, 1.82) is 0 Å². The first-order chi connectivity index (χ1) is 10.7. The Morgan fingerprint density at radius 2 is 2.18 bits per heavy atom. The van der Waals surface area contributed by atoms with Crippen molar-refractivity contribution in [3.05, 3.63) is 51.0 Å². The van der Waals surface area contributed by atoms with Gasteiger partial charge in [0.1, 0.15) is 5.75 Å². The minimum Gasteiger partial charge on any atom is -0.508 e. The van der Waals surface area contributed by atoms with E-state index < -0.39 is 0 Å². The first-order valence-electron chi connectivity index (χ1n) is 6.73. The van der Waals surface area contributed by atoms with Gasteiger partial charge in [0.05, 0.1) is 3.79 Å². The Hall–Kier alpha value is -1.70. The highest BCUT2D eigenvalue weighted by Gasteiger charge is 2.17. The number of nitrogens with two attached hydrogens (primary N) is 1. The number of hydrogen-bond donors (Lipinski definition) is 2. The van der Waals surface area contributed by atoms with Crippen LogP contribution < -0.4 is 5.73 Å². The largest absolute Gasteiger partial charge is 0.508 e. The lowest BCUT2D eigenvalue weighted by Crippen LogP contribution is -2.14. The Morgan fingerprint density at radius 3 is 2.86 bits per heavy atom. The van der Waals surface area contributed by atoms with Crippen molar-refractivity contribution in [3.63, 3.8) is 0 Å².